The molecule has 1 saturated carbocycles. The average molecular weight is 604 g/mol. The van der Waals surface area contributed by atoms with E-state index in [1.54, 1.807) is 12.1 Å². The number of fused-ring (bicyclic) bond motifs is 2. The number of rotatable bonds is 6. The monoisotopic (exact) mass is 603 g/mol. The van der Waals surface area contributed by atoms with Crippen LogP contribution in [0.5, 0.6) is 0 Å². The highest BCUT2D eigenvalue weighted by atomic mass is 35.5. The summed E-state index contributed by atoms with van der Waals surface area (Å²) in [5.41, 5.74) is 4.14. The molecule has 2 aliphatic heterocycles. The second kappa shape index (κ2) is 9.86. The van der Waals surface area contributed by atoms with Crippen molar-refractivity contribution in [2.24, 2.45) is 0 Å². The first-order chi connectivity index (χ1) is 20.2. The average Bonchev–Trinajstić information content (AvgIpc) is 3.40. The van der Waals surface area contributed by atoms with Gasteiger partial charge < -0.3 is 15.5 Å². The van der Waals surface area contributed by atoms with E-state index < -0.39 is 9.84 Å². The van der Waals surface area contributed by atoms with Gasteiger partial charge in [0, 0.05) is 24.3 Å². The lowest BCUT2D eigenvalue weighted by Gasteiger charge is -2.27. The maximum Gasteiger partial charge on any atom is 0.232 e. The molecule has 3 aromatic heterocycles. The van der Waals surface area contributed by atoms with E-state index in [2.05, 4.69) is 42.7 Å². The second-order valence-corrected chi connectivity index (χ2v) is 13.7. The minimum absolute atomic E-state index is 0.0649. The Morgan fingerprint density at radius 2 is 1.88 bits per heavy atom. The molecule has 2 fully saturated rings. The van der Waals surface area contributed by atoms with E-state index in [-0.39, 0.29) is 35.6 Å². The summed E-state index contributed by atoms with van der Waals surface area (Å²) in [5.74, 6) is 1.05. The van der Waals surface area contributed by atoms with Gasteiger partial charge in [-0.3, -0.25) is 4.68 Å². The highest BCUT2D eigenvalue weighted by Gasteiger charge is 2.34. The molecule has 7 rings (SSSR count). The van der Waals surface area contributed by atoms with Crippen LogP contribution in [0.2, 0.25) is 5.02 Å². The third-order valence-electron chi connectivity index (χ3n) is 8.08. The molecule has 0 unspecified atom stereocenters. The summed E-state index contributed by atoms with van der Waals surface area (Å²) in [6.07, 6.45) is 6.63. The number of hydrogen-bond acceptors (Lipinski definition) is 11. The van der Waals surface area contributed by atoms with E-state index in [9.17, 15) is 18.9 Å². The van der Waals surface area contributed by atoms with Gasteiger partial charge in [0.2, 0.25) is 11.9 Å². The number of hydrogen-bond donors (Lipinski definition) is 2. The fraction of sp³-hybridized carbons (Fsp3) is 0.407. The van der Waals surface area contributed by atoms with Gasteiger partial charge in [0.15, 0.2) is 5.65 Å². The second-order valence-electron chi connectivity index (χ2n) is 11.0. The molecule has 5 heterocycles. The van der Waals surface area contributed by atoms with Crippen LogP contribution in [0.4, 0.5) is 23.3 Å². The van der Waals surface area contributed by atoms with Crippen LogP contribution in [0.3, 0.4) is 0 Å². The summed E-state index contributed by atoms with van der Waals surface area (Å²) in [4.78, 5) is 11.2. The zero-order valence-electron chi connectivity index (χ0n) is 22.6. The van der Waals surface area contributed by atoms with Crippen LogP contribution >= 0.6 is 11.6 Å². The number of nitrogens with one attached hydrogen (secondary N) is 2. The zero-order valence-corrected chi connectivity index (χ0v) is 24.2. The summed E-state index contributed by atoms with van der Waals surface area (Å²) < 4.78 is 27.2. The fourth-order valence-electron chi connectivity index (χ4n) is 5.62. The molecule has 2 N–H and O–H groups in total. The lowest BCUT2D eigenvalue weighted by Crippen LogP contribution is -2.27. The molecular formula is C27H26ClN11O2S. The quantitative estimate of drug-likeness (QED) is 0.328. The first-order valence-corrected chi connectivity index (χ1v) is 15.9. The van der Waals surface area contributed by atoms with Gasteiger partial charge in [-0.1, -0.05) is 11.6 Å². The minimum Gasteiger partial charge on any atom is -0.357 e. The maximum atomic E-state index is 11.9. The van der Waals surface area contributed by atoms with Crippen molar-refractivity contribution in [1.82, 2.24) is 29.4 Å². The summed E-state index contributed by atoms with van der Waals surface area (Å²) in [6.45, 7) is 2.57. The van der Waals surface area contributed by atoms with Gasteiger partial charge in [-0.25, -0.2) is 8.42 Å². The molecule has 1 saturated heterocycles. The largest absolute Gasteiger partial charge is 0.357 e. The lowest BCUT2D eigenvalue weighted by atomic mass is 10.1. The number of nitriles is 2. The number of anilines is 4. The summed E-state index contributed by atoms with van der Waals surface area (Å²) in [6, 6.07) is 7.96. The summed E-state index contributed by atoms with van der Waals surface area (Å²) in [5, 5.41) is 35.4. The van der Waals surface area contributed by atoms with Crippen molar-refractivity contribution in [3.05, 3.63) is 51.9 Å². The molecule has 0 amide bonds. The first kappa shape index (κ1) is 26.5. The van der Waals surface area contributed by atoms with Gasteiger partial charge in [0.25, 0.3) is 0 Å². The van der Waals surface area contributed by atoms with Crippen LogP contribution in [0, 0.1) is 22.7 Å². The molecule has 42 heavy (non-hydrogen) atoms. The Hall–Kier alpha value is -4.40. The molecule has 4 aromatic rings. The molecule has 15 heteroatoms. The van der Waals surface area contributed by atoms with Crippen molar-refractivity contribution in [2.75, 3.05) is 27.0 Å². The first-order valence-electron chi connectivity index (χ1n) is 13.7. The van der Waals surface area contributed by atoms with Crippen molar-refractivity contribution >= 4 is 50.4 Å². The van der Waals surface area contributed by atoms with Crippen molar-refractivity contribution in [3.8, 4) is 12.1 Å². The molecule has 1 atom stereocenters. The third kappa shape index (κ3) is 4.66. The molecule has 1 aliphatic carbocycles. The summed E-state index contributed by atoms with van der Waals surface area (Å²) in [7, 11) is -2.96. The molecule has 0 radical (unpaired) electrons. The van der Waals surface area contributed by atoms with Crippen molar-refractivity contribution in [1.29, 1.82) is 10.5 Å². The standard InChI is InChI=1S/C27H26ClN11O2S/c1-15-24-18(14-38(36-24)20-4-6-42(40,41)7-5-20)13-37(15)22-9-16(10-29)8-21(23(22)28)33-26-34-25-17(11-30)12-31-39(25)27(35-26)32-19-2-3-19/h8-9,12,14-15,19-20H,2-7,13H2,1H3,(H2,32,33,34,35)/t15-/m1/s1. The Morgan fingerprint density at radius 3 is 2.57 bits per heavy atom. The number of aromatic nitrogens is 6. The topological polar surface area (TPSA) is 170 Å². The van der Waals surface area contributed by atoms with Gasteiger partial charge in [-0.2, -0.15) is 35.2 Å². The van der Waals surface area contributed by atoms with Crippen LogP contribution in [-0.2, 0) is 16.4 Å². The molecule has 0 spiro atoms. The smallest absolute Gasteiger partial charge is 0.232 e. The van der Waals surface area contributed by atoms with Crippen LogP contribution in [0.25, 0.3) is 5.65 Å². The van der Waals surface area contributed by atoms with Crippen molar-refractivity contribution in [2.45, 2.75) is 57.3 Å². The van der Waals surface area contributed by atoms with Gasteiger partial charge >= 0.3 is 0 Å². The normalized spacial score (nSPS) is 19.8. The van der Waals surface area contributed by atoms with Crippen LogP contribution in [0.15, 0.2) is 24.5 Å². The highest BCUT2D eigenvalue weighted by molar-refractivity contribution is 7.91. The number of nitrogens with zero attached hydrogens (tertiary/aromatic N) is 9. The Kier molecular flexibility index (Phi) is 6.22. The Labute approximate surface area is 246 Å². The number of benzene rings is 1. The molecule has 0 bridgehead atoms. The Morgan fingerprint density at radius 1 is 1.10 bits per heavy atom. The van der Waals surface area contributed by atoms with E-state index in [0.717, 1.165) is 24.1 Å². The molecule has 3 aliphatic rings. The predicted octanol–water partition coefficient (Wildman–Crippen LogP) is 3.87. The molecule has 214 valence electrons. The van der Waals surface area contributed by atoms with E-state index >= 15 is 0 Å². The van der Waals surface area contributed by atoms with Crippen LogP contribution in [0.1, 0.15) is 67.1 Å². The minimum atomic E-state index is -2.96. The van der Waals surface area contributed by atoms with E-state index in [0.29, 0.717) is 58.5 Å². The molecule has 1 aromatic carbocycles. The van der Waals surface area contributed by atoms with E-state index in [1.807, 2.05) is 17.8 Å². The summed E-state index contributed by atoms with van der Waals surface area (Å²) >= 11 is 6.98. The fourth-order valence-corrected chi connectivity index (χ4v) is 7.35. The predicted molar refractivity (Wildman–Crippen MR) is 155 cm³/mol. The van der Waals surface area contributed by atoms with Gasteiger partial charge in [0.1, 0.15) is 21.5 Å². The Bertz CT molecular complexity index is 1920. The lowest BCUT2D eigenvalue weighted by molar-refractivity contribution is 0.408. The molecule has 13 nitrogen and oxygen atoms in total. The van der Waals surface area contributed by atoms with Gasteiger partial charge in [-0.05, 0) is 44.7 Å². The van der Waals surface area contributed by atoms with Gasteiger partial charge in [0.05, 0.1) is 63.5 Å². The highest BCUT2D eigenvalue weighted by Crippen LogP contribution is 2.44. The molecular weight excluding hydrogens is 578 g/mol. The Balaban J connectivity index is 1.19. The number of halogens is 1. The van der Waals surface area contributed by atoms with Crippen LogP contribution in [-0.4, -0.2) is 55.3 Å². The van der Waals surface area contributed by atoms with E-state index in [4.69, 9.17) is 16.7 Å². The number of sulfone groups is 1. The maximum absolute atomic E-state index is 11.9. The van der Waals surface area contributed by atoms with Crippen LogP contribution < -0.4 is 15.5 Å². The zero-order chi connectivity index (χ0) is 29.2. The van der Waals surface area contributed by atoms with Gasteiger partial charge in [-0.15, -0.1) is 0 Å². The van der Waals surface area contributed by atoms with Crippen molar-refractivity contribution < 1.29 is 8.42 Å². The third-order valence-corrected chi connectivity index (χ3v) is 10.2. The van der Waals surface area contributed by atoms with E-state index in [1.165, 1.54) is 10.7 Å². The SMILES string of the molecule is C[C@@H]1c2nn(C3CCS(=O)(=O)CC3)cc2CN1c1cc(C#N)cc(Nc2nc(NC3CC3)n3ncc(C#N)c3n2)c1Cl. The van der Waals surface area contributed by atoms with Crippen molar-refractivity contribution in [3.63, 3.8) is 0 Å².